The van der Waals surface area contributed by atoms with Gasteiger partial charge in [-0.3, -0.25) is 0 Å². The average molecular weight is 492 g/mol. The van der Waals surface area contributed by atoms with E-state index in [2.05, 4.69) is 10.2 Å². The molecule has 0 aliphatic heterocycles. The van der Waals surface area contributed by atoms with Gasteiger partial charge in [0.2, 0.25) is 0 Å². The van der Waals surface area contributed by atoms with Crippen LogP contribution < -0.4 is 10.5 Å². The molecule has 0 saturated heterocycles. The highest BCUT2D eigenvalue weighted by Gasteiger charge is 2.28. The lowest BCUT2D eigenvalue weighted by Gasteiger charge is -2.07. The van der Waals surface area contributed by atoms with E-state index in [0.717, 1.165) is 28.2 Å². The summed E-state index contributed by atoms with van der Waals surface area (Å²) in [4.78, 5) is 25.1. The summed E-state index contributed by atoms with van der Waals surface area (Å²) in [6.45, 7) is 7.84. The van der Waals surface area contributed by atoms with Crippen LogP contribution in [0.4, 0.5) is 5.00 Å². The highest BCUT2D eigenvalue weighted by atomic mass is 32.2. The van der Waals surface area contributed by atoms with E-state index in [4.69, 9.17) is 24.4 Å². The Kier molecular flexibility index (Phi) is 8.34. The number of ether oxygens (including phenoxy) is 3. The SMILES string of the molecule is CCOC(=O)c1sc(N)c(C(=O)OCC)c1CSc1nnc(COc2cc(C)ccc2C)o1. The molecule has 0 fully saturated rings. The second-order valence-corrected chi connectivity index (χ2v) is 8.88. The number of thioether (sulfide) groups is 1. The van der Waals surface area contributed by atoms with Crippen molar-refractivity contribution in [2.75, 3.05) is 18.9 Å². The monoisotopic (exact) mass is 491 g/mol. The Hall–Kier alpha value is -3.05. The lowest BCUT2D eigenvalue weighted by molar-refractivity contribution is 0.0527. The molecule has 2 N–H and O–H groups in total. The number of benzene rings is 1. The van der Waals surface area contributed by atoms with E-state index in [-0.39, 0.29) is 46.2 Å². The van der Waals surface area contributed by atoms with Crippen molar-refractivity contribution in [1.82, 2.24) is 10.2 Å². The topological polar surface area (TPSA) is 127 Å². The van der Waals surface area contributed by atoms with Gasteiger partial charge in [-0.15, -0.1) is 21.5 Å². The van der Waals surface area contributed by atoms with Crippen LogP contribution in [0, 0.1) is 13.8 Å². The molecule has 33 heavy (non-hydrogen) atoms. The van der Waals surface area contributed by atoms with Crippen LogP contribution in [0.5, 0.6) is 5.75 Å². The van der Waals surface area contributed by atoms with Crippen LogP contribution >= 0.6 is 23.1 Å². The molecule has 11 heteroatoms. The fourth-order valence-corrected chi connectivity index (χ4v) is 4.77. The van der Waals surface area contributed by atoms with Crippen molar-refractivity contribution < 1.29 is 28.2 Å². The summed E-state index contributed by atoms with van der Waals surface area (Å²) in [5.41, 5.74) is 8.70. The molecule has 9 nitrogen and oxygen atoms in total. The molecule has 176 valence electrons. The molecule has 0 unspecified atom stereocenters. The molecule has 3 aromatic rings. The normalized spacial score (nSPS) is 10.8. The van der Waals surface area contributed by atoms with Crippen LogP contribution in [0.1, 0.15) is 56.5 Å². The Balaban J connectivity index is 1.74. The van der Waals surface area contributed by atoms with Crippen molar-refractivity contribution in [2.24, 2.45) is 0 Å². The largest absolute Gasteiger partial charge is 0.484 e. The number of thiophene rings is 1. The quantitative estimate of drug-likeness (QED) is 0.318. The molecular weight excluding hydrogens is 466 g/mol. The number of hydrogen-bond acceptors (Lipinski definition) is 11. The van der Waals surface area contributed by atoms with Crippen LogP contribution in [0.25, 0.3) is 0 Å². The zero-order valence-electron chi connectivity index (χ0n) is 18.8. The Bertz CT molecular complexity index is 1140. The molecule has 0 spiro atoms. The smallest absolute Gasteiger partial charge is 0.348 e. The summed E-state index contributed by atoms with van der Waals surface area (Å²) in [6, 6.07) is 5.93. The van der Waals surface area contributed by atoms with E-state index in [9.17, 15) is 9.59 Å². The predicted octanol–water partition coefficient (Wildman–Crippen LogP) is 4.55. The van der Waals surface area contributed by atoms with E-state index in [0.29, 0.717) is 11.5 Å². The summed E-state index contributed by atoms with van der Waals surface area (Å²) in [6.07, 6.45) is 0. The second kappa shape index (κ2) is 11.2. The van der Waals surface area contributed by atoms with Gasteiger partial charge in [0.05, 0.1) is 18.8 Å². The lowest BCUT2D eigenvalue weighted by atomic mass is 10.1. The summed E-state index contributed by atoms with van der Waals surface area (Å²) >= 11 is 2.17. The fraction of sp³-hybridized carbons (Fsp3) is 0.364. The molecule has 0 radical (unpaired) electrons. The van der Waals surface area contributed by atoms with Gasteiger partial charge >= 0.3 is 11.9 Å². The minimum atomic E-state index is -0.592. The van der Waals surface area contributed by atoms with Crippen LogP contribution in [-0.2, 0) is 21.8 Å². The van der Waals surface area contributed by atoms with Crippen LogP contribution in [0.15, 0.2) is 27.8 Å². The number of hydrogen-bond donors (Lipinski definition) is 1. The molecule has 2 heterocycles. The Morgan fingerprint density at radius 3 is 2.58 bits per heavy atom. The highest BCUT2D eigenvalue weighted by molar-refractivity contribution is 7.98. The van der Waals surface area contributed by atoms with E-state index in [1.54, 1.807) is 13.8 Å². The predicted molar refractivity (Wildman–Crippen MR) is 125 cm³/mol. The van der Waals surface area contributed by atoms with E-state index < -0.39 is 11.9 Å². The molecule has 0 saturated carbocycles. The Morgan fingerprint density at radius 2 is 1.85 bits per heavy atom. The number of esters is 2. The zero-order chi connectivity index (χ0) is 24.0. The van der Waals surface area contributed by atoms with Crippen LogP contribution in [-0.4, -0.2) is 35.3 Å². The number of anilines is 1. The van der Waals surface area contributed by atoms with Crippen molar-refractivity contribution in [1.29, 1.82) is 0 Å². The average Bonchev–Trinajstić information content (AvgIpc) is 3.37. The van der Waals surface area contributed by atoms with Crippen molar-refractivity contribution >= 4 is 40.0 Å². The third-order valence-corrected chi connectivity index (χ3v) is 6.34. The third-order valence-electron chi connectivity index (χ3n) is 4.46. The molecule has 0 atom stereocenters. The number of nitrogens with two attached hydrogens (primary N) is 1. The summed E-state index contributed by atoms with van der Waals surface area (Å²) < 4.78 is 21.7. The maximum Gasteiger partial charge on any atom is 0.348 e. The van der Waals surface area contributed by atoms with Crippen molar-refractivity contribution in [3.8, 4) is 5.75 Å². The first-order chi connectivity index (χ1) is 15.8. The van der Waals surface area contributed by atoms with Gasteiger partial charge < -0.3 is 24.4 Å². The third kappa shape index (κ3) is 6.05. The first-order valence-electron chi connectivity index (χ1n) is 10.2. The molecular formula is C22H25N3O6S2. The number of nitrogen functional groups attached to an aromatic ring is 1. The summed E-state index contributed by atoms with van der Waals surface area (Å²) in [5, 5.41) is 8.49. The van der Waals surface area contributed by atoms with Gasteiger partial charge in [-0.2, -0.15) is 0 Å². The summed E-state index contributed by atoms with van der Waals surface area (Å²) in [5.74, 6) is 0.1000. The highest BCUT2D eigenvalue weighted by Crippen LogP contribution is 2.36. The molecule has 2 aromatic heterocycles. The zero-order valence-corrected chi connectivity index (χ0v) is 20.4. The molecule has 1 aromatic carbocycles. The first-order valence-corrected chi connectivity index (χ1v) is 12.0. The number of aryl methyl sites for hydroxylation is 2. The van der Waals surface area contributed by atoms with Crippen molar-refractivity contribution in [3.63, 3.8) is 0 Å². The fourth-order valence-electron chi connectivity index (χ4n) is 2.90. The Labute approximate surface area is 199 Å². The number of nitrogens with zero attached hydrogens (tertiary/aromatic N) is 2. The van der Waals surface area contributed by atoms with E-state index >= 15 is 0 Å². The van der Waals surface area contributed by atoms with Gasteiger partial charge in [-0.1, -0.05) is 23.9 Å². The van der Waals surface area contributed by atoms with Gasteiger partial charge in [-0.05, 0) is 44.9 Å². The van der Waals surface area contributed by atoms with Gasteiger partial charge in [0, 0.05) is 11.3 Å². The number of carbonyl (C=O) groups is 2. The second-order valence-electron chi connectivity index (χ2n) is 6.90. The molecule has 3 rings (SSSR count). The first kappa shape index (κ1) is 24.6. The maximum atomic E-state index is 12.4. The minimum absolute atomic E-state index is 0.116. The van der Waals surface area contributed by atoms with Crippen LogP contribution in [0.3, 0.4) is 0 Å². The standard InChI is InChI=1S/C22H25N3O6S2/c1-5-28-20(26)17-14(18(33-19(17)23)21(27)29-6-2)11-32-22-25-24-16(31-22)10-30-15-9-12(3)7-8-13(15)4/h7-9H,5-6,10-11,23H2,1-4H3. The van der Waals surface area contributed by atoms with E-state index in [1.165, 1.54) is 11.8 Å². The molecule has 0 bridgehead atoms. The number of aromatic nitrogens is 2. The number of carbonyl (C=O) groups excluding carboxylic acids is 2. The van der Waals surface area contributed by atoms with E-state index in [1.807, 2.05) is 32.0 Å². The molecule has 0 amide bonds. The van der Waals surface area contributed by atoms with Gasteiger partial charge in [0.25, 0.3) is 11.1 Å². The number of rotatable bonds is 10. The molecule has 0 aliphatic rings. The van der Waals surface area contributed by atoms with Crippen LogP contribution in [0.2, 0.25) is 0 Å². The molecule has 0 aliphatic carbocycles. The lowest BCUT2D eigenvalue weighted by Crippen LogP contribution is -2.11. The summed E-state index contributed by atoms with van der Waals surface area (Å²) in [7, 11) is 0. The Morgan fingerprint density at radius 1 is 1.12 bits per heavy atom. The van der Waals surface area contributed by atoms with Gasteiger partial charge in [0.15, 0.2) is 6.61 Å². The van der Waals surface area contributed by atoms with Crippen molar-refractivity contribution in [2.45, 2.75) is 45.3 Å². The van der Waals surface area contributed by atoms with Gasteiger partial charge in [-0.25, -0.2) is 9.59 Å². The minimum Gasteiger partial charge on any atom is -0.484 e. The maximum absolute atomic E-state index is 12.4. The van der Waals surface area contributed by atoms with Gasteiger partial charge in [0.1, 0.15) is 15.6 Å². The van der Waals surface area contributed by atoms with Crippen molar-refractivity contribution in [3.05, 3.63) is 51.2 Å².